The fourth-order valence-corrected chi connectivity index (χ4v) is 3.49. The summed E-state index contributed by atoms with van der Waals surface area (Å²) in [4.78, 5) is 25.9. The Labute approximate surface area is 145 Å². The maximum absolute atomic E-state index is 12.5. The van der Waals surface area contributed by atoms with Crippen molar-refractivity contribution in [1.29, 1.82) is 0 Å². The van der Waals surface area contributed by atoms with Crippen LogP contribution in [-0.2, 0) is 29.5 Å². The van der Waals surface area contributed by atoms with Gasteiger partial charge in [-0.3, -0.25) is 9.59 Å². The number of para-hydroxylation sites is 1. The van der Waals surface area contributed by atoms with E-state index in [9.17, 15) is 9.59 Å². The number of anilines is 2. The van der Waals surface area contributed by atoms with Crippen LogP contribution in [0.3, 0.4) is 0 Å². The van der Waals surface area contributed by atoms with Gasteiger partial charge in [0.15, 0.2) is 0 Å². The zero-order valence-corrected chi connectivity index (χ0v) is 14.2. The van der Waals surface area contributed by atoms with E-state index in [0.717, 1.165) is 33.4 Å². The molecule has 1 N–H and O–H groups in total. The second-order valence-corrected chi connectivity index (χ2v) is 6.48. The van der Waals surface area contributed by atoms with E-state index in [0.29, 0.717) is 12.8 Å². The molecule has 4 rings (SSSR count). The highest BCUT2D eigenvalue weighted by Gasteiger charge is 2.24. The molecule has 0 saturated heterocycles. The van der Waals surface area contributed by atoms with Crippen LogP contribution in [0, 0.1) is 0 Å². The molecule has 1 aliphatic rings. The molecule has 0 aliphatic carbocycles. The molecule has 1 aliphatic heterocycles. The third-order valence-electron chi connectivity index (χ3n) is 4.77. The molecule has 0 radical (unpaired) electrons. The van der Waals surface area contributed by atoms with Gasteiger partial charge in [-0.1, -0.05) is 18.2 Å². The van der Waals surface area contributed by atoms with E-state index in [-0.39, 0.29) is 11.8 Å². The number of fused-ring (bicyclic) bond motifs is 2. The Kier molecular flexibility index (Phi) is 3.57. The first-order chi connectivity index (χ1) is 12.0. The Morgan fingerprint density at radius 1 is 1.16 bits per heavy atom. The minimum atomic E-state index is -0.0611. The summed E-state index contributed by atoms with van der Waals surface area (Å²) in [7, 11) is 3.75. The van der Waals surface area contributed by atoms with Crippen LogP contribution >= 0.6 is 0 Å². The second kappa shape index (κ2) is 5.77. The molecule has 25 heavy (non-hydrogen) atoms. The average molecular weight is 333 g/mol. The number of likely N-dealkylation sites (N-methyl/N-ethyl adjacent to an activating group) is 1. The van der Waals surface area contributed by atoms with Crippen molar-refractivity contribution in [3.05, 3.63) is 59.8 Å². The van der Waals surface area contributed by atoms with Gasteiger partial charge in [0.1, 0.15) is 0 Å². The molecule has 2 aromatic carbocycles. The Morgan fingerprint density at radius 2 is 1.96 bits per heavy atom. The van der Waals surface area contributed by atoms with Crippen molar-refractivity contribution in [3.8, 4) is 0 Å². The molecule has 5 nitrogen and oxygen atoms in total. The van der Waals surface area contributed by atoms with Crippen LogP contribution in [0.4, 0.5) is 11.4 Å². The smallest absolute Gasteiger partial charge is 0.231 e. The first-order valence-electron chi connectivity index (χ1n) is 8.25. The fourth-order valence-electron chi connectivity index (χ4n) is 3.49. The SMILES string of the molecule is CN1C(=O)Cc2cc(NC(=O)Cc3cn(C)c4ccccc34)ccc21. The van der Waals surface area contributed by atoms with E-state index in [2.05, 4.69) is 5.32 Å². The summed E-state index contributed by atoms with van der Waals surface area (Å²) in [5.74, 6) is 0.0169. The third kappa shape index (κ3) is 2.67. The molecule has 2 amide bonds. The Morgan fingerprint density at radius 3 is 2.80 bits per heavy atom. The first-order valence-corrected chi connectivity index (χ1v) is 8.25. The molecule has 5 heteroatoms. The summed E-state index contributed by atoms with van der Waals surface area (Å²) in [6.45, 7) is 0. The van der Waals surface area contributed by atoms with Crippen LogP contribution in [0.25, 0.3) is 10.9 Å². The van der Waals surface area contributed by atoms with Crippen molar-refractivity contribution in [2.75, 3.05) is 17.3 Å². The molecule has 2 heterocycles. The quantitative estimate of drug-likeness (QED) is 0.801. The van der Waals surface area contributed by atoms with Crippen LogP contribution in [0.15, 0.2) is 48.7 Å². The van der Waals surface area contributed by atoms with E-state index in [1.54, 1.807) is 11.9 Å². The molecule has 1 aromatic heterocycles. The van der Waals surface area contributed by atoms with Crippen LogP contribution < -0.4 is 10.2 Å². The molecule has 0 saturated carbocycles. The maximum atomic E-state index is 12.5. The van der Waals surface area contributed by atoms with Gasteiger partial charge in [0.2, 0.25) is 11.8 Å². The normalized spacial score (nSPS) is 13.4. The largest absolute Gasteiger partial charge is 0.350 e. The summed E-state index contributed by atoms with van der Waals surface area (Å²) in [6, 6.07) is 13.7. The number of aryl methyl sites for hydroxylation is 1. The predicted octanol–water partition coefficient (Wildman–Crippen LogP) is 2.88. The van der Waals surface area contributed by atoms with Crippen LogP contribution in [-0.4, -0.2) is 23.4 Å². The van der Waals surface area contributed by atoms with E-state index >= 15 is 0 Å². The first kappa shape index (κ1) is 15.4. The number of rotatable bonds is 3. The van der Waals surface area contributed by atoms with Crippen LogP contribution in [0.5, 0.6) is 0 Å². The van der Waals surface area contributed by atoms with Crippen molar-refractivity contribution in [2.24, 2.45) is 7.05 Å². The number of carbonyl (C=O) groups is 2. The Hall–Kier alpha value is -3.08. The average Bonchev–Trinajstić information content (AvgIpc) is 3.05. The van der Waals surface area contributed by atoms with Crippen molar-refractivity contribution >= 4 is 34.1 Å². The predicted molar refractivity (Wildman–Crippen MR) is 98.8 cm³/mol. The Bertz CT molecular complexity index is 1000. The zero-order valence-electron chi connectivity index (χ0n) is 14.2. The fraction of sp³-hybridized carbons (Fsp3) is 0.200. The molecular formula is C20H19N3O2. The van der Waals surface area contributed by atoms with Gasteiger partial charge in [-0.05, 0) is 35.4 Å². The minimum Gasteiger partial charge on any atom is -0.350 e. The topological polar surface area (TPSA) is 54.3 Å². The molecule has 0 unspecified atom stereocenters. The van der Waals surface area contributed by atoms with Gasteiger partial charge in [0.05, 0.1) is 12.8 Å². The highest BCUT2D eigenvalue weighted by Crippen LogP contribution is 2.30. The van der Waals surface area contributed by atoms with Crippen molar-refractivity contribution in [2.45, 2.75) is 12.8 Å². The Balaban J connectivity index is 1.53. The van der Waals surface area contributed by atoms with E-state index < -0.39 is 0 Å². The maximum Gasteiger partial charge on any atom is 0.231 e. The number of aromatic nitrogens is 1. The van der Waals surface area contributed by atoms with Gasteiger partial charge in [-0.25, -0.2) is 0 Å². The molecule has 0 fully saturated rings. The number of nitrogens with zero attached hydrogens (tertiary/aromatic N) is 2. The van der Waals surface area contributed by atoms with E-state index in [4.69, 9.17) is 0 Å². The number of amides is 2. The van der Waals surface area contributed by atoms with Gasteiger partial charge in [-0.2, -0.15) is 0 Å². The molecule has 0 spiro atoms. The van der Waals surface area contributed by atoms with Crippen molar-refractivity contribution < 1.29 is 9.59 Å². The minimum absolute atomic E-state index is 0.0611. The van der Waals surface area contributed by atoms with Gasteiger partial charge in [0.25, 0.3) is 0 Å². The lowest BCUT2D eigenvalue weighted by Crippen LogP contribution is -2.20. The number of benzene rings is 2. The van der Waals surface area contributed by atoms with Gasteiger partial charge in [-0.15, -0.1) is 0 Å². The van der Waals surface area contributed by atoms with Crippen LogP contribution in [0.1, 0.15) is 11.1 Å². The number of carbonyl (C=O) groups excluding carboxylic acids is 2. The van der Waals surface area contributed by atoms with Crippen molar-refractivity contribution in [3.63, 3.8) is 0 Å². The molecular weight excluding hydrogens is 314 g/mol. The second-order valence-electron chi connectivity index (χ2n) is 6.48. The summed E-state index contributed by atoms with van der Waals surface area (Å²) < 4.78 is 2.04. The lowest BCUT2D eigenvalue weighted by Gasteiger charge is -2.11. The van der Waals surface area contributed by atoms with E-state index in [1.807, 2.05) is 60.3 Å². The summed E-state index contributed by atoms with van der Waals surface area (Å²) in [5.41, 5.74) is 4.72. The monoisotopic (exact) mass is 333 g/mol. The highest BCUT2D eigenvalue weighted by atomic mass is 16.2. The van der Waals surface area contributed by atoms with Crippen LogP contribution in [0.2, 0.25) is 0 Å². The zero-order chi connectivity index (χ0) is 17.6. The highest BCUT2D eigenvalue weighted by molar-refractivity contribution is 6.02. The summed E-state index contributed by atoms with van der Waals surface area (Å²) in [6.07, 6.45) is 2.71. The molecule has 0 atom stereocenters. The number of nitrogens with one attached hydrogen (secondary N) is 1. The number of hydrogen-bond donors (Lipinski definition) is 1. The lowest BCUT2D eigenvalue weighted by atomic mass is 10.1. The number of hydrogen-bond acceptors (Lipinski definition) is 2. The molecule has 0 bridgehead atoms. The lowest BCUT2D eigenvalue weighted by molar-refractivity contribution is -0.117. The van der Waals surface area contributed by atoms with E-state index in [1.165, 1.54) is 0 Å². The van der Waals surface area contributed by atoms with Gasteiger partial charge in [0, 0.05) is 42.6 Å². The molecule has 126 valence electrons. The third-order valence-corrected chi connectivity index (χ3v) is 4.77. The standard InChI is InChI=1S/C20H19N3O2/c1-22-12-14(16-5-3-4-6-18(16)22)10-19(24)21-15-7-8-17-13(9-15)11-20(25)23(17)2/h3-9,12H,10-11H2,1-2H3,(H,21,24). The summed E-state index contributed by atoms with van der Waals surface area (Å²) >= 11 is 0. The van der Waals surface area contributed by atoms with Crippen molar-refractivity contribution in [1.82, 2.24) is 4.57 Å². The van der Waals surface area contributed by atoms with Gasteiger partial charge >= 0.3 is 0 Å². The summed E-state index contributed by atoms with van der Waals surface area (Å²) in [5, 5.41) is 4.04. The van der Waals surface area contributed by atoms with Gasteiger partial charge < -0.3 is 14.8 Å². The molecule has 3 aromatic rings.